The number of amides is 3. The number of likely N-dealkylation sites (tertiary alicyclic amines) is 1. The number of benzene rings is 1. The SMILES string of the molecule is CC.COc1cc2c(cc1NC(=O)N1CCCCC1)CN(C(=O)OC(C)(C)C)C2. The molecular weight excluding hydrogens is 370 g/mol. The minimum Gasteiger partial charge on any atom is -0.495 e. The van der Waals surface area contributed by atoms with Crippen LogP contribution in [0, 0.1) is 0 Å². The first-order valence-corrected chi connectivity index (χ1v) is 10.5. The van der Waals surface area contributed by atoms with Gasteiger partial charge in [0.05, 0.1) is 12.8 Å². The Hall–Kier alpha value is -2.44. The van der Waals surface area contributed by atoms with Crippen molar-refractivity contribution in [3.63, 3.8) is 0 Å². The van der Waals surface area contributed by atoms with Gasteiger partial charge in [-0.1, -0.05) is 13.8 Å². The largest absolute Gasteiger partial charge is 0.495 e. The van der Waals surface area contributed by atoms with Crippen LogP contribution in [0.1, 0.15) is 65.0 Å². The highest BCUT2D eigenvalue weighted by atomic mass is 16.6. The Morgan fingerprint density at radius 2 is 1.55 bits per heavy atom. The van der Waals surface area contributed by atoms with Gasteiger partial charge in [-0.3, -0.25) is 4.90 Å². The summed E-state index contributed by atoms with van der Waals surface area (Å²) in [6.07, 6.45) is 2.92. The Morgan fingerprint density at radius 1 is 0.966 bits per heavy atom. The zero-order valence-corrected chi connectivity index (χ0v) is 18.6. The van der Waals surface area contributed by atoms with Crippen molar-refractivity contribution >= 4 is 17.8 Å². The Bertz CT molecular complexity index is 722. The second kappa shape index (κ2) is 9.85. The van der Waals surface area contributed by atoms with Crippen LogP contribution in [0.3, 0.4) is 0 Å². The molecule has 1 aromatic rings. The highest BCUT2D eigenvalue weighted by molar-refractivity contribution is 5.91. The van der Waals surface area contributed by atoms with Crippen LogP contribution in [0.2, 0.25) is 0 Å². The van der Waals surface area contributed by atoms with Crippen LogP contribution in [0.25, 0.3) is 0 Å². The molecule has 3 rings (SSSR count). The molecule has 1 fully saturated rings. The van der Waals surface area contributed by atoms with E-state index < -0.39 is 5.60 Å². The number of ether oxygens (including phenoxy) is 2. The third-order valence-electron chi connectivity index (χ3n) is 4.78. The monoisotopic (exact) mass is 405 g/mol. The van der Waals surface area contributed by atoms with Gasteiger partial charge >= 0.3 is 12.1 Å². The van der Waals surface area contributed by atoms with E-state index in [-0.39, 0.29) is 12.1 Å². The Labute approximate surface area is 174 Å². The quantitative estimate of drug-likeness (QED) is 0.752. The Kier molecular flexibility index (Phi) is 7.76. The number of methoxy groups -OCH3 is 1. The van der Waals surface area contributed by atoms with E-state index >= 15 is 0 Å². The normalized spacial score (nSPS) is 15.8. The first-order chi connectivity index (χ1) is 13.8. The molecule has 1 N–H and O–H groups in total. The smallest absolute Gasteiger partial charge is 0.410 e. The van der Waals surface area contributed by atoms with Gasteiger partial charge in [-0.25, -0.2) is 9.59 Å². The summed E-state index contributed by atoms with van der Waals surface area (Å²) < 4.78 is 10.9. The number of hydrogen-bond acceptors (Lipinski definition) is 4. The van der Waals surface area contributed by atoms with Crippen molar-refractivity contribution in [2.24, 2.45) is 0 Å². The average molecular weight is 406 g/mol. The van der Waals surface area contributed by atoms with E-state index in [0.29, 0.717) is 24.5 Å². The van der Waals surface area contributed by atoms with Gasteiger partial charge in [0, 0.05) is 26.2 Å². The molecule has 0 aliphatic carbocycles. The molecule has 0 bridgehead atoms. The standard InChI is InChI=1S/C20H29N3O4.C2H6/c1-20(2,3)27-19(25)23-12-14-10-16(17(26-4)11-15(14)13-23)21-18(24)22-8-6-5-7-9-22;1-2/h10-11H,5-9,12-13H2,1-4H3,(H,21,24);1-2H3. The lowest BCUT2D eigenvalue weighted by Crippen LogP contribution is -2.38. The lowest BCUT2D eigenvalue weighted by Gasteiger charge is -2.27. The molecule has 0 unspecified atom stereocenters. The Morgan fingerprint density at radius 3 is 2.10 bits per heavy atom. The minimum atomic E-state index is -0.531. The number of carbonyl (C=O) groups is 2. The highest BCUT2D eigenvalue weighted by Gasteiger charge is 2.29. The van der Waals surface area contributed by atoms with Crippen LogP contribution in [0.4, 0.5) is 15.3 Å². The highest BCUT2D eigenvalue weighted by Crippen LogP contribution is 2.34. The molecule has 29 heavy (non-hydrogen) atoms. The van der Waals surface area contributed by atoms with E-state index in [1.807, 2.05) is 51.7 Å². The molecule has 7 heteroatoms. The van der Waals surface area contributed by atoms with Crippen molar-refractivity contribution in [2.45, 2.75) is 72.6 Å². The first-order valence-electron chi connectivity index (χ1n) is 10.5. The average Bonchev–Trinajstić information content (AvgIpc) is 3.11. The summed E-state index contributed by atoms with van der Waals surface area (Å²) >= 11 is 0. The molecule has 0 radical (unpaired) electrons. The van der Waals surface area contributed by atoms with Crippen LogP contribution >= 0.6 is 0 Å². The van der Waals surface area contributed by atoms with Crippen molar-refractivity contribution in [2.75, 3.05) is 25.5 Å². The number of piperidine rings is 1. The number of anilines is 1. The van der Waals surface area contributed by atoms with Crippen molar-refractivity contribution in [3.05, 3.63) is 23.3 Å². The second-order valence-corrected chi connectivity index (χ2v) is 8.14. The molecule has 0 saturated carbocycles. The number of nitrogens with one attached hydrogen (secondary N) is 1. The molecule has 0 atom stereocenters. The maximum atomic E-state index is 12.5. The summed E-state index contributed by atoms with van der Waals surface area (Å²) in [5.41, 5.74) is 2.11. The van der Waals surface area contributed by atoms with Crippen molar-refractivity contribution in [3.8, 4) is 5.75 Å². The number of nitrogens with zero attached hydrogens (tertiary/aromatic N) is 2. The first kappa shape index (κ1) is 22.8. The number of fused-ring (bicyclic) bond motifs is 1. The van der Waals surface area contributed by atoms with Gasteiger partial charge in [-0.2, -0.15) is 0 Å². The van der Waals surface area contributed by atoms with E-state index in [1.54, 1.807) is 12.0 Å². The van der Waals surface area contributed by atoms with E-state index in [0.717, 1.165) is 37.1 Å². The fourth-order valence-corrected chi connectivity index (χ4v) is 3.44. The number of rotatable bonds is 2. The van der Waals surface area contributed by atoms with Gasteiger partial charge in [0.25, 0.3) is 0 Å². The second-order valence-electron chi connectivity index (χ2n) is 8.14. The van der Waals surface area contributed by atoms with Gasteiger partial charge in [0.1, 0.15) is 11.4 Å². The zero-order chi connectivity index (χ0) is 21.6. The maximum Gasteiger partial charge on any atom is 0.410 e. The topological polar surface area (TPSA) is 71.1 Å². The molecule has 1 saturated heterocycles. The van der Waals surface area contributed by atoms with Crippen LogP contribution in [-0.4, -0.2) is 47.7 Å². The van der Waals surface area contributed by atoms with Gasteiger partial charge in [0.2, 0.25) is 0 Å². The molecule has 7 nitrogen and oxygen atoms in total. The summed E-state index contributed by atoms with van der Waals surface area (Å²) in [5, 5.41) is 2.97. The third-order valence-corrected chi connectivity index (χ3v) is 4.78. The molecule has 0 spiro atoms. The molecule has 2 aliphatic rings. The van der Waals surface area contributed by atoms with Gasteiger partial charge in [-0.05, 0) is 63.3 Å². The third kappa shape index (κ3) is 6.02. The number of hydrogen-bond donors (Lipinski definition) is 1. The van der Waals surface area contributed by atoms with E-state index in [2.05, 4.69) is 5.32 Å². The van der Waals surface area contributed by atoms with Gasteiger partial charge < -0.3 is 19.7 Å². The lowest BCUT2D eigenvalue weighted by atomic mass is 10.1. The predicted molar refractivity (Wildman–Crippen MR) is 114 cm³/mol. The van der Waals surface area contributed by atoms with E-state index in [9.17, 15) is 9.59 Å². The molecular formula is C22H35N3O4. The molecule has 1 aromatic carbocycles. The number of urea groups is 1. The van der Waals surface area contributed by atoms with Crippen LogP contribution in [0.15, 0.2) is 12.1 Å². The van der Waals surface area contributed by atoms with Gasteiger partial charge in [-0.15, -0.1) is 0 Å². The van der Waals surface area contributed by atoms with E-state index in [4.69, 9.17) is 9.47 Å². The summed E-state index contributed by atoms with van der Waals surface area (Å²) in [5.74, 6) is 0.602. The molecule has 2 heterocycles. The van der Waals surface area contributed by atoms with Crippen molar-refractivity contribution in [1.29, 1.82) is 0 Å². The van der Waals surface area contributed by atoms with Crippen LogP contribution in [0.5, 0.6) is 5.75 Å². The fourth-order valence-electron chi connectivity index (χ4n) is 3.44. The van der Waals surface area contributed by atoms with Crippen LogP contribution in [-0.2, 0) is 17.8 Å². The van der Waals surface area contributed by atoms with Crippen LogP contribution < -0.4 is 10.1 Å². The summed E-state index contributed by atoms with van der Waals surface area (Å²) in [7, 11) is 1.58. The van der Waals surface area contributed by atoms with Gasteiger partial charge in [0.15, 0.2) is 0 Å². The molecule has 0 aromatic heterocycles. The predicted octanol–water partition coefficient (Wildman–Crippen LogP) is 4.99. The van der Waals surface area contributed by atoms with Crippen molar-refractivity contribution in [1.82, 2.24) is 9.80 Å². The minimum absolute atomic E-state index is 0.102. The summed E-state index contributed by atoms with van der Waals surface area (Å²) in [4.78, 5) is 28.4. The number of carbonyl (C=O) groups excluding carboxylic acids is 2. The summed E-state index contributed by atoms with van der Waals surface area (Å²) in [6, 6.07) is 3.70. The maximum absolute atomic E-state index is 12.5. The van der Waals surface area contributed by atoms with E-state index in [1.165, 1.54) is 6.42 Å². The molecule has 2 aliphatic heterocycles. The van der Waals surface area contributed by atoms with Crippen molar-refractivity contribution < 1.29 is 19.1 Å². The molecule has 3 amide bonds. The Balaban J connectivity index is 0.00000145. The lowest BCUT2D eigenvalue weighted by molar-refractivity contribution is 0.0241. The zero-order valence-electron chi connectivity index (χ0n) is 18.6. The fraction of sp³-hybridized carbons (Fsp3) is 0.636. The molecule has 162 valence electrons. The summed E-state index contributed by atoms with van der Waals surface area (Å²) in [6.45, 7) is 12.1.